The molecule has 0 spiro atoms. The summed E-state index contributed by atoms with van der Waals surface area (Å²) in [5.74, 6) is 0.399. The zero-order chi connectivity index (χ0) is 15.9. The Kier molecular flexibility index (Phi) is 5.62. The monoisotopic (exact) mass is 310 g/mol. The van der Waals surface area contributed by atoms with Gasteiger partial charge in [-0.25, -0.2) is 0 Å². The topological polar surface area (TPSA) is 52.9 Å². The first-order valence-corrected chi connectivity index (χ1v) is 8.06. The molecule has 0 fully saturated rings. The van der Waals surface area contributed by atoms with Gasteiger partial charge in [0.15, 0.2) is 0 Å². The highest BCUT2D eigenvalue weighted by Gasteiger charge is 2.10. The second-order valence-electron chi connectivity index (χ2n) is 5.08. The third kappa shape index (κ3) is 4.37. The molecule has 3 nitrogen and oxygen atoms in total. The average molecular weight is 310 g/mol. The summed E-state index contributed by atoms with van der Waals surface area (Å²) in [6.45, 7) is 3.98. The van der Waals surface area contributed by atoms with Crippen molar-refractivity contribution in [1.82, 2.24) is 5.32 Å². The van der Waals surface area contributed by atoms with Crippen LogP contribution >= 0.6 is 11.8 Å². The highest BCUT2D eigenvalue weighted by molar-refractivity contribution is 8.00. The summed E-state index contributed by atoms with van der Waals surface area (Å²) in [6, 6.07) is 17.3. The molecule has 1 N–H and O–H groups in total. The molecule has 0 heterocycles. The van der Waals surface area contributed by atoms with Crippen LogP contribution in [0.2, 0.25) is 0 Å². The van der Waals surface area contributed by atoms with Gasteiger partial charge in [-0.15, -0.1) is 11.8 Å². The van der Waals surface area contributed by atoms with E-state index in [1.54, 1.807) is 23.9 Å². The number of aryl methyl sites for hydroxylation is 1. The molecule has 1 amide bonds. The summed E-state index contributed by atoms with van der Waals surface area (Å²) in [5.41, 5.74) is 2.80. The Morgan fingerprint density at radius 1 is 1.23 bits per heavy atom. The number of thioether (sulfide) groups is 1. The Bertz CT molecular complexity index is 689. The van der Waals surface area contributed by atoms with Gasteiger partial charge in [0.25, 0.3) is 0 Å². The number of benzene rings is 2. The van der Waals surface area contributed by atoms with Gasteiger partial charge in [-0.1, -0.05) is 30.3 Å². The van der Waals surface area contributed by atoms with E-state index < -0.39 is 0 Å². The van der Waals surface area contributed by atoms with E-state index in [-0.39, 0.29) is 11.9 Å². The SMILES string of the molecule is Cc1ccccc1SCC(=O)NC(C)c1ccc(C#N)cc1. The van der Waals surface area contributed by atoms with Crippen LogP contribution < -0.4 is 5.32 Å². The summed E-state index contributed by atoms with van der Waals surface area (Å²) < 4.78 is 0. The van der Waals surface area contributed by atoms with Crippen LogP contribution in [0.5, 0.6) is 0 Å². The van der Waals surface area contributed by atoms with Crippen molar-refractivity contribution in [3.63, 3.8) is 0 Å². The lowest BCUT2D eigenvalue weighted by Gasteiger charge is -2.14. The van der Waals surface area contributed by atoms with Crippen LogP contribution in [0, 0.1) is 18.3 Å². The third-order valence-electron chi connectivity index (χ3n) is 3.37. The van der Waals surface area contributed by atoms with Gasteiger partial charge in [0, 0.05) is 4.90 Å². The molecular weight excluding hydrogens is 292 g/mol. The van der Waals surface area contributed by atoms with Gasteiger partial charge >= 0.3 is 0 Å². The fourth-order valence-corrected chi connectivity index (χ4v) is 2.91. The molecule has 2 aromatic rings. The zero-order valence-electron chi connectivity index (χ0n) is 12.7. The van der Waals surface area contributed by atoms with Crippen molar-refractivity contribution in [3.8, 4) is 6.07 Å². The van der Waals surface area contributed by atoms with Crippen molar-refractivity contribution in [2.45, 2.75) is 24.8 Å². The number of amides is 1. The van der Waals surface area contributed by atoms with Crippen LogP contribution in [0.25, 0.3) is 0 Å². The molecule has 2 rings (SSSR count). The van der Waals surface area contributed by atoms with Crippen LogP contribution in [0.4, 0.5) is 0 Å². The molecule has 4 heteroatoms. The third-order valence-corrected chi connectivity index (χ3v) is 4.55. The average Bonchev–Trinajstić information content (AvgIpc) is 2.54. The second kappa shape index (κ2) is 7.67. The van der Waals surface area contributed by atoms with Gasteiger partial charge in [0.2, 0.25) is 5.91 Å². The molecular formula is C18H18N2OS. The smallest absolute Gasteiger partial charge is 0.230 e. The molecule has 0 aliphatic heterocycles. The van der Waals surface area contributed by atoms with Gasteiger partial charge in [-0.2, -0.15) is 5.26 Å². The molecule has 0 radical (unpaired) electrons. The van der Waals surface area contributed by atoms with Crippen molar-refractivity contribution in [2.75, 3.05) is 5.75 Å². The molecule has 0 saturated carbocycles. The maximum Gasteiger partial charge on any atom is 0.230 e. The van der Waals surface area contributed by atoms with E-state index >= 15 is 0 Å². The number of nitrogens with zero attached hydrogens (tertiary/aromatic N) is 1. The van der Waals surface area contributed by atoms with E-state index in [0.29, 0.717) is 11.3 Å². The van der Waals surface area contributed by atoms with Gasteiger partial charge in [0.1, 0.15) is 0 Å². The summed E-state index contributed by atoms with van der Waals surface area (Å²) in [5, 5.41) is 11.8. The summed E-state index contributed by atoms with van der Waals surface area (Å²) in [4.78, 5) is 13.2. The number of nitrogens with one attached hydrogen (secondary N) is 1. The predicted octanol–water partition coefficient (Wildman–Crippen LogP) is 3.84. The molecule has 1 atom stereocenters. The minimum Gasteiger partial charge on any atom is -0.349 e. The number of nitriles is 1. The first kappa shape index (κ1) is 16.1. The first-order valence-electron chi connectivity index (χ1n) is 7.08. The number of carbonyl (C=O) groups is 1. The standard InChI is InChI=1S/C18H18N2OS/c1-13-5-3-4-6-17(13)22-12-18(21)20-14(2)16-9-7-15(11-19)8-10-16/h3-10,14H,12H2,1-2H3,(H,20,21). The fourth-order valence-electron chi connectivity index (χ4n) is 2.07. The molecule has 22 heavy (non-hydrogen) atoms. The van der Waals surface area contributed by atoms with E-state index in [1.165, 1.54) is 5.56 Å². The van der Waals surface area contributed by atoms with Gasteiger partial charge in [-0.05, 0) is 43.2 Å². The van der Waals surface area contributed by atoms with Crippen LogP contribution in [-0.4, -0.2) is 11.7 Å². The highest BCUT2D eigenvalue weighted by atomic mass is 32.2. The molecule has 0 aliphatic rings. The number of rotatable bonds is 5. The summed E-state index contributed by atoms with van der Waals surface area (Å²) in [7, 11) is 0. The Hall–Kier alpha value is -2.25. The Labute approximate surface area is 135 Å². The molecule has 0 aliphatic carbocycles. The Balaban J connectivity index is 1.88. The predicted molar refractivity (Wildman–Crippen MR) is 89.6 cm³/mol. The minimum atomic E-state index is -0.0716. The van der Waals surface area contributed by atoms with Crippen LogP contribution in [0.3, 0.4) is 0 Å². The number of hydrogen-bond donors (Lipinski definition) is 1. The molecule has 1 unspecified atom stereocenters. The lowest BCUT2D eigenvalue weighted by atomic mass is 10.1. The molecule has 0 aromatic heterocycles. The van der Waals surface area contributed by atoms with Crippen molar-refractivity contribution in [3.05, 3.63) is 65.2 Å². The summed E-state index contributed by atoms with van der Waals surface area (Å²) >= 11 is 1.54. The van der Waals surface area contributed by atoms with Gasteiger partial charge in [-0.3, -0.25) is 4.79 Å². The quantitative estimate of drug-likeness (QED) is 0.854. The van der Waals surface area contributed by atoms with E-state index in [4.69, 9.17) is 5.26 Å². The van der Waals surface area contributed by atoms with Crippen LogP contribution in [-0.2, 0) is 4.79 Å². The van der Waals surface area contributed by atoms with Crippen LogP contribution in [0.15, 0.2) is 53.4 Å². The molecule has 2 aromatic carbocycles. The van der Waals surface area contributed by atoms with Crippen molar-refractivity contribution in [1.29, 1.82) is 5.26 Å². The van der Waals surface area contributed by atoms with Gasteiger partial charge in [0.05, 0.1) is 23.4 Å². The summed E-state index contributed by atoms with van der Waals surface area (Å²) in [6.07, 6.45) is 0. The maximum absolute atomic E-state index is 12.1. The molecule has 0 saturated heterocycles. The van der Waals surface area contributed by atoms with Crippen molar-refractivity contribution in [2.24, 2.45) is 0 Å². The van der Waals surface area contributed by atoms with E-state index in [0.717, 1.165) is 10.5 Å². The molecule has 112 valence electrons. The van der Waals surface area contributed by atoms with E-state index in [2.05, 4.69) is 11.4 Å². The normalized spacial score (nSPS) is 11.5. The fraction of sp³-hybridized carbons (Fsp3) is 0.222. The van der Waals surface area contributed by atoms with Crippen LogP contribution in [0.1, 0.15) is 29.7 Å². The largest absolute Gasteiger partial charge is 0.349 e. The van der Waals surface area contributed by atoms with E-state index in [1.807, 2.05) is 50.2 Å². The Morgan fingerprint density at radius 3 is 2.55 bits per heavy atom. The highest BCUT2D eigenvalue weighted by Crippen LogP contribution is 2.22. The second-order valence-corrected chi connectivity index (χ2v) is 6.09. The lowest BCUT2D eigenvalue weighted by molar-refractivity contribution is -0.119. The maximum atomic E-state index is 12.1. The number of hydrogen-bond acceptors (Lipinski definition) is 3. The zero-order valence-corrected chi connectivity index (χ0v) is 13.5. The first-order chi connectivity index (χ1) is 10.6. The lowest BCUT2D eigenvalue weighted by Crippen LogP contribution is -2.28. The minimum absolute atomic E-state index is 0.00473. The number of carbonyl (C=O) groups excluding carboxylic acids is 1. The Morgan fingerprint density at radius 2 is 1.91 bits per heavy atom. The van der Waals surface area contributed by atoms with Gasteiger partial charge < -0.3 is 5.32 Å². The van der Waals surface area contributed by atoms with Crippen molar-refractivity contribution >= 4 is 17.7 Å². The molecule has 0 bridgehead atoms. The van der Waals surface area contributed by atoms with E-state index in [9.17, 15) is 4.79 Å². The van der Waals surface area contributed by atoms with Crippen molar-refractivity contribution < 1.29 is 4.79 Å².